The maximum Gasteiger partial charge on any atom is 0.0543 e. The number of hydrogen-bond acceptors (Lipinski definition) is 1. The number of hydrogen-bond donors (Lipinski definition) is 1. The Balaban J connectivity index is 1.85. The smallest absolute Gasteiger partial charge is 0.0543 e. The van der Waals surface area contributed by atoms with E-state index in [4.69, 9.17) is 0 Å². The van der Waals surface area contributed by atoms with Crippen LogP contribution in [0, 0.1) is 11.8 Å². The summed E-state index contributed by atoms with van der Waals surface area (Å²) in [7, 11) is 0. The number of aliphatic hydroxyl groups is 1. The van der Waals surface area contributed by atoms with E-state index in [0.717, 1.165) is 24.7 Å². The summed E-state index contributed by atoms with van der Waals surface area (Å²) < 4.78 is 0. The zero-order valence-electron chi connectivity index (χ0n) is 7.84. The monoisotopic (exact) mass is 168 g/mol. The molecular weight excluding hydrogens is 148 g/mol. The Kier molecular flexibility index (Phi) is 2.69. The van der Waals surface area contributed by atoms with Crippen LogP contribution in [0.25, 0.3) is 0 Å². The highest BCUT2D eigenvalue weighted by Gasteiger charge is 2.29. The average molecular weight is 168 g/mol. The van der Waals surface area contributed by atoms with Gasteiger partial charge in [0.25, 0.3) is 0 Å². The summed E-state index contributed by atoms with van der Waals surface area (Å²) in [6.45, 7) is 0. The van der Waals surface area contributed by atoms with E-state index in [1.54, 1.807) is 0 Å². The first-order valence-corrected chi connectivity index (χ1v) is 5.54. The minimum Gasteiger partial charge on any atom is -0.393 e. The Bertz CT molecular complexity index is 138. The van der Waals surface area contributed by atoms with Gasteiger partial charge >= 0.3 is 0 Å². The lowest BCUT2D eigenvalue weighted by atomic mass is 9.78. The van der Waals surface area contributed by atoms with Gasteiger partial charge < -0.3 is 5.11 Å². The van der Waals surface area contributed by atoms with Crippen molar-refractivity contribution in [2.75, 3.05) is 0 Å². The quantitative estimate of drug-likeness (QED) is 0.638. The van der Waals surface area contributed by atoms with Gasteiger partial charge in [-0.25, -0.2) is 0 Å². The number of rotatable bonds is 1. The van der Waals surface area contributed by atoms with Crippen LogP contribution >= 0.6 is 0 Å². The Hall–Kier alpha value is -0.0400. The molecule has 0 aliphatic heterocycles. The average Bonchev–Trinajstić information content (AvgIpc) is 2.56. The van der Waals surface area contributed by atoms with Gasteiger partial charge in [-0.2, -0.15) is 0 Å². The summed E-state index contributed by atoms with van der Waals surface area (Å²) in [6, 6.07) is 0. The second-order valence-electron chi connectivity index (χ2n) is 4.63. The predicted octanol–water partition coefficient (Wildman–Crippen LogP) is 2.73. The van der Waals surface area contributed by atoms with E-state index in [1.165, 1.54) is 38.5 Å². The lowest BCUT2D eigenvalue weighted by Crippen LogP contribution is -2.24. The molecule has 12 heavy (non-hydrogen) atoms. The zero-order chi connectivity index (χ0) is 8.39. The Morgan fingerprint density at radius 3 is 2.08 bits per heavy atom. The second kappa shape index (κ2) is 3.78. The Labute approximate surface area is 75.2 Å². The summed E-state index contributed by atoms with van der Waals surface area (Å²) in [4.78, 5) is 0. The minimum absolute atomic E-state index is 0.0318. The fourth-order valence-corrected chi connectivity index (χ4v) is 3.06. The molecule has 0 spiro atoms. The summed E-state index contributed by atoms with van der Waals surface area (Å²) in [5.41, 5.74) is 0. The van der Waals surface area contributed by atoms with Crippen molar-refractivity contribution in [2.45, 2.75) is 57.5 Å². The van der Waals surface area contributed by atoms with Gasteiger partial charge in [-0.05, 0) is 31.1 Å². The fraction of sp³-hybridized carbons (Fsp3) is 1.00. The molecule has 1 N–H and O–H groups in total. The third-order valence-corrected chi connectivity index (χ3v) is 3.75. The van der Waals surface area contributed by atoms with Gasteiger partial charge in [0.05, 0.1) is 6.10 Å². The first-order valence-electron chi connectivity index (χ1n) is 5.54. The second-order valence-corrected chi connectivity index (χ2v) is 4.63. The molecule has 2 saturated carbocycles. The highest BCUT2D eigenvalue weighted by molar-refractivity contribution is 4.80. The Morgan fingerprint density at radius 2 is 1.42 bits per heavy atom. The van der Waals surface area contributed by atoms with E-state index >= 15 is 0 Å². The molecule has 70 valence electrons. The van der Waals surface area contributed by atoms with Gasteiger partial charge in [0.2, 0.25) is 0 Å². The first-order chi connectivity index (χ1) is 5.86. The molecular formula is C11H20O. The van der Waals surface area contributed by atoms with E-state index < -0.39 is 0 Å². The molecule has 0 unspecified atom stereocenters. The SMILES string of the molecule is O[C@@H]1CCC[C@H](C2CCCC2)C1. The molecule has 0 aromatic rings. The zero-order valence-corrected chi connectivity index (χ0v) is 7.84. The van der Waals surface area contributed by atoms with Gasteiger partial charge in [-0.3, -0.25) is 0 Å². The molecule has 2 rings (SSSR count). The van der Waals surface area contributed by atoms with Crippen molar-refractivity contribution in [3.05, 3.63) is 0 Å². The molecule has 0 radical (unpaired) electrons. The molecule has 0 saturated heterocycles. The normalized spacial score (nSPS) is 38.8. The maximum absolute atomic E-state index is 9.54. The van der Waals surface area contributed by atoms with Gasteiger partial charge in [0.1, 0.15) is 0 Å². The van der Waals surface area contributed by atoms with E-state index in [9.17, 15) is 5.11 Å². The van der Waals surface area contributed by atoms with Crippen LogP contribution in [-0.2, 0) is 0 Å². The van der Waals surface area contributed by atoms with Crippen molar-refractivity contribution >= 4 is 0 Å². The maximum atomic E-state index is 9.54. The molecule has 0 aromatic carbocycles. The standard InChI is InChI=1S/C11H20O/c12-11-7-3-6-10(8-11)9-4-1-2-5-9/h9-12H,1-8H2/t10-,11+/m0/s1. The molecule has 2 fully saturated rings. The van der Waals surface area contributed by atoms with Gasteiger partial charge in [0.15, 0.2) is 0 Å². The van der Waals surface area contributed by atoms with E-state index in [2.05, 4.69) is 0 Å². The van der Waals surface area contributed by atoms with Crippen LogP contribution in [0.15, 0.2) is 0 Å². The molecule has 2 aliphatic carbocycles. The van der Waals surface area contributed by atoms with Gasteiger partial charge in [0, 0.05) is 0 Å². The van der Waals surface area contributed by atoms with Crippen LogP contribution in [0.1, 0.15) is 51.4 Å². The summed E-state index contributed by atoms with van der Waals surface area (Å²) in [6.07, 6.45) is 10.6. The lowest BCUT2D eigenvalue weighted by Gasteiger charge is -2.30. The summed E-state index contributed by atoms with van der Waals surface area (Å²) in [5.74, 6) is 1.84. The first kappa shape index (κ1) is 8.55. The summed E-state index contributed by atoms with van der Waals surface area (Å²) in [5, 5.41) is 9.54. The topological polar surface area (TPSA) is 20.2 Å². The van der Waals surface area contributed by atoms with Crippen LogP contribution < -0.4 is 0 Å². The van der Waals surface area contributed by atoms with Crippen molar-refractivity contribution in [3.63, 3.8) is 0 Å². The van der Waals surface area contributed by atoms with Crippen LogP contribution in [0.3, 0.4) is 0 Å². The van der Waals surface area contributed by atoms with Crippen LogP contribution in [0.5, 0.6) is 0 Å². The van der Waals surface area contributed by atoms with Crippen LogP contribution in [0.4, 0.5) is 0 Å². The van der Waals surface area contributed by atoms with Crippen LogP contribution in [0.2, 0.25) is 0 Å². The third kappa shape index (κ3) is 1.82. The van der Waals surface area contributed by atoms with Crippen LogP contribution in [-0.4, -0.2) is 11.2 Å². The molecule has 0 amide bonds. The molecule has 2 aliphatic rings. The fourth-order valence-electron chi connectivity index (χ4n) is 3.06. The molecule has 1 heteroatoms. The van der Waals surface area contributed by atoms with Crippen molar-refractivity contribution in [1.29, 1.82) is 0 Å². The van der Waals surface area contributed by atoms with Gasteiger partial charge in [-0.15, -0.1) is 0 Å². The summed E-state index contributed by atoms with van der Waals surface area (Å²) >= 11 is 0. The van der Waals surface area contributed by atoms with E-state index in [-0.39, 0.29) is 6.10 Å². The molecule has 1 nitrogen and oxygen atoms in total. The Morgan fingerprint density at radius 1 is 0.750 bits per heavy atom. The highest BCUT2D eigenvalue weighted by Crippen LogP contribution is 2.39. The number of aliphatic hydroxyl groups excluding tert-OH is 1. The molecule has 2 atom stereocenters. The van der Waals surface area contributed by atoms with Gasteiger partial charge in [-0.1, -0.05) is 32.1 Å². The molecule has 0 heterocycles. The largest absolute Gasteiger partial charge is 0.393 e. The van der Waals surface area contributed by atoms with Crippen molar-refractivity contribution in [3.8, 4) is 0 Å². The van der Waals surface area contributed by atoms with Crippen molar-refractivity contribution in [1.82, 2.24) is 0 Å². The molecule has 0 bridgehead atoms. The molecule has 0 aromatic heterocycles. The van der Waals surface area contributed by atoms with Crippen molar-refractivity contribution in [2.24, 2.45) is 11.8 Å². The third-order valence-electron chi connectivity index (χ3n) is 3.75. The van der Waals surface area contributed by atoms with E-state index in [1.807, 2.05) is 0 Å². The lowest BCUT2D eigenvalue weighted by molar-refractivity contribution is 0.0805. The minimum atomic E-state index is 0.0318. The van der Waals surface area contributed by atoms with Crippen molar-refractivity contribution < 1.29 is 5.11 Å². The highest BCUT2D eigenvalue weighted by atomic mass is 16.3. The predicted molar refractivity (Wildman–Crippen MR) is 49.9 cm³/mol. The van der Waals surface area contributed by atoms with E-state index in [0.29, 0.717) is 0 Å².